The van der Waals surface area contributed by atoms with Crippen molar-refractivity contribution in [1.82, 2.24) is 4.90 Å². The Labute approximate surface area is 167 Å². The Bertz CT molecular complexity index is 977. The first-order valence-corrected chi connectivity index (χ1v) is 8.93. The fourth-order valence-electron chi connectivity index (χ4n) is 3.31. The minimum atomic E-state index is -0.523. The molecule has 9 heteroatoms. The van der Waals surface area contributed by atoms with Gasteiger partial charge in [-0.1, -0.05) is 0 Å². The Kier molecular flexibility index (Phi) is 5.83. The monoisotopic (exact) mass is 396 g/mol. The van der Waals surface area contributed by atoms with Crippen LogP contribution in [0.4, 0.5) is 11.4 Å². The van der Waals surface area contributed by atoms with Gasteiger partial charge in [-0.05, 0) is 24.3 Å². The number of nitrogens with zero attached hydrogens (tertiary/aromatic N) is 4. The third-order valence-corrected chi connectivity index (χ3v) is 4.85. The van der Waals surface area contributed by atoms with Crippen molar-refractivity contribution >= 4 is 17.3 Å². The molecule has 1 heterocycles. The van der Waals surface area contributed by atoms with E-state index in [-0.39, 0.29) is 17.2 Å². The van der Waals surface area contributed by atoms with Crippen LogP contribution in [0.15, 0.2) is 36.4 Å². The molecule has 1 fully saturated rings. The average Bonchev–Trinajstić information content (AvgIpc) is 2.77. The van der Waals surface area contributed by atoms with E-state index in [0.29, 0.717) is 48.9 Å². The topological polar surface area (TPSA) is 109 Å². The van der Waals surface area contributed by atoms with Crippen LogP contribution >= 0.6 is 0 Å². The lowest BCUT2D eigenvalue weighted by Crippen LogP contribution is -2.49. The number of hydrogen-bond acceptors (Lipinski definition) is 7. The molecule has 0 spiro atoms. The van der Waals surface area contributed by atoms with E-state index in [1.54, 1.807) is 29.2 Å². The molecular weight excluding hydrogens is 376 g/mol. The van der Waals surface area contributed by atoms with E-state index in [9.17, 15) is 20.2 Å². The summed E-state index contributed by atoms with van der Waals surface area (Å²) in [5.74, 6) is 0.924. The van der Waals surface area contributed by atoms with Crippen molar-refractivity contribution in [3.63, 3.8) is 0 Å². The van der Waals surface area contributed by atoms with E-state index in [0.717, 1.165) is 0 Å². The number of piperazine rings is 1. The maximum atomic E-state index is 12.8. The number of nitro benzene ring substituents is 1. The zero-order valence-corrected chi connectivity index (χ0v) is 16.1. The van der Waals surface area contributed by atoms with Crippen LogP contribution in [0.5, 0.6) is 11.5 Å². The maximum absolute atomic E-state index is 12.8. The molecule has 1 aliphatic heterocycles. The molecule has 29 heavy (non-hydrogen) atoms. The van der Waals surface area contributed by atoms with Crippen molar-refractivity contribution in [2.45, 2.75) is 0 Å². The molecule has 0 saturated carbocycles. The predicted octanol–water partition coefficient (Wildman–Crippen LogP) is 2.45. The number of nitro groups is 1. The van der Waals surface area contributed by atoms with E-state index < -0.39 is 4.92 Å². The summed E-state index contributed by atoms with van der Waals surface area (Å²) in [7, 11) is 3.05. The molecule has 1 aliphatic rings. The van der Waals surface area contributed by atoms with Gasteiger partial charge in [0.1, 0.15) is 6.07 Å². The summed E-state index contributed by atoms with van der Waals surface area (Å²) in [6, 6.07) is 11.3. The van der Waals surface area contributed by atoms with Gasteiger partial charge in [0.05, 0.1) is 30.4 Å². The molecule has 9 nitrogen and oxygen atoms in total. The molecule has 2 aromatic carbocycles. The normalized spacial score (nSPS) is 13.6. The Morgan fingerprint density at radius 1 is 1.07 bits per heavy atom. The largest absolute Gasteiger partial charge is 0.493 e. The molecule has 0 unspecified atom stereocenters. The molecule has 0 bridgehead atoms. The summed E-state index contributed by atoms with van der Waals surface area (Å²) >= 11 is 0. The van der Waals surface area contributed by atoms with Crippen LogP contribution < -0.4 is 14.4 Å². The number of rotatable bonds is 5. The van der Waals surface area contributed by atoms with E-state index >= 15 is 0 Å². The second kappa shape index (κ2) is 8.48. The fourth-order valence-corrected chi connectivity index (χ4v) is 3.31. The Hall–Kier alpha value is -3.80. The highest BCUT2D eigenvalue weighted by molar-refractivity contribution is 5.95. The number of non-ortho nitro benzene ring substituents is 1. The SMILES string of the molecule is COc1ccc(C(=O)N2CCN(c3ccc([N+](=O)[O-])cc3C#N)CC2)cc1OC. The van der Waals surface area contributed by atoms with E-state index in [1.165, 1.54) is 26.4 Å². The van der Waals surface area contributed by atoms with Crippen molar-refractivity contribution < 1.29 is 19.2 Å². The number of amides is 1. The number of anilines is 1. The Balaban J connectivity index is 1.72. The van der Waals surface area contributed by atoms with Gasteiger partial charge < -0.3 is 19.3 Å². The van der Waals surface area contributed by atoms with Crippen LogP contribution in [0, 0.1) is 21.4 Å². The van der Waals surface area contributed by atoms with Gasteiger partial charge in [-0.25, -0.2) is 0 Å². The van der Waals surface area contributed by atoms with Crippen molar-refractivity contribution in [2.24, 2.45) is 0 Å². The molecule has 3 rings (SSSR count). The van der Waals surface area contributed by atoms with Gasteiger partial charge in [0.15, 0.2) is 11.5 Å². The van der Waals surface area contributed by atoms with E-state index in [1.807, 2.05) is 11.0 Å². The third-order valence-electron chi connectivity index (χ3n) is 4.85. The number of hydrogen-bond donors (Lipinski definition) is 0. The highest BCUT2D eigenvalue weighted by Crippen LogP contribution is 2.29. The molecule has 150 valence electrons. The van der Waals surface area contributed by atoms with E-state index in [2.05, 4.69) is 0 Å². The number of methoxy groups -OCH3 is 2. The average molecular weight is 396 g/mol. The highest BCUT2D eigenvalue weighted by Gasteiger charge is 2.25. The summed E-state index contributed by atoms with van der Waals surface area (Å²) in [6.07, 6.45) is 0. The molecule has 0 radical (unpaired) electrons. The zero-order valence-electron chi connectivity index (χ0n) is 16.1. The number of carbonyl (C=O) groups is 1. The summed E-state index contributed by atoms with van der Waals surface area (Å²) in [4.78, 5) is 26.9. The van der Waals surface area contributed by atoms with Crippen LogP contribution in [-0.2, 0) is 0 Å². The minimum Gasteiger partial charge on any atom is -0.493 e. The van der Waals surface area contributed by atoms with Crippen LogP contribution in [0.2, 0.25) is 0 Å². The zero-order chi connectivity index (χ0) is 21.0. The van der Waals surface area contributed by atoms with Crippen LogP contribution in [0.3, 0.4) is 0 Å². The van der Waals surface area contributed by atoms with Crippen molar-refractivity contribution in [3.8, 4) is 17.6 Å². The second-order valence-corrected chi connectivity index (χ2v) is 6.42. The molecule has 0 atom stereocenters. The Morgan fingerprint density at radius 3 is 2.34 bits per heavy atom. The van der Waals surface area contributed by atoms with Crippen LogP contribution in [0.25, 0.3) is 0 Å². The van der Waals surface area contributed by atoms with Gasteiger partial charge in [0.2, 0.25) is 0 Å². The molecular formula is C20H20N4O5. The lowest BCUT2D eigenvalue weighted by molar-refractivity contribution is -0.384. The Morgan fingerprint density at radius 2 is 1.76 bits per heavy atom. The van der Waals surface area contributed by atoms with Crippen molar-refractivity contribution in [2.75, 3.05) is 45.3 Å². The summed E-state index contributed by atoms with van der Waals surface area (Å²) < 4.78 is 10.5. The predicted molar refractivity (Wildman–Crippen MR) is 105 cm³/mol. The highest BCUT2D eigenvalue weighted by atomic mass is 16.6. The fraction of sp³-hybridized carbons (Fsp3) is 0.300. The third kappa shape index (κ3) is 4.06. The second-order valence-electron chi connectivity index (χ2n) is 6.42. The molecule has 1 saturated heterocycles. The number of carbonyl (C=O) groups excluding carboxylic acids is 1. The van der Waals surface area contributed by atoms with Crippen LogP contribution in [0.1, 0.15) is 15.9 Å². The molecule has 0 aliphatic carbocycles. The quantitative estimate of drug-likeness (QED) is 0.564. The molecule has 1 amide bonds. The maximum Gasteiger partial charge on any atom is 0.270 e. The van der Waals surface area contributed by atoms with Gasteiger partial charge in [-0.3, -0.25) is 14.9 Å². The molecule has 2 aromatic rings. The van der Waals surface area contributed by atoms with Gasteiger partial charge in [0.25, 0.3) is 11.6 Å². The number of ether oxygens (including phenoxy) is 2. The van der Waals surface area contributed by atoms with Crippen LogP contribution in [-0.4, -0.2) is 56.1 Å². The minimum absolute atomic E-state index is 0.116. The van der Waals surface area contributed by atoms with Gasteiger partial charge in [-0.2, -0.15) is 5.26 Å². The summed E-state index contributed by atoms with van der Waals surface area (Å²) in [5.41, 5.74) is 1.27. The lowest BCUT2D eigenvalue weighted by atomic mass is 10.1. The number of nitriles is 1. The first-order chi connectivity index (χ1) is 14.0. The first kappa shape index (κ1) is 19.9. The van der Waals surface area contributed by atoms with Crippen molar-refractivity contribution in [1.29, 1.82) is 5.26 Å². The smallest absolute Gasteiger partial charge is 0.270 e. The van der Waals surface area contributed by atoms with Gasteiger partial charge >= 0.3 is 0 Å². The van der Waals surface area contributed by atoms with Gasteiger partial charge in [-0.15, -0.1) is 0 Å². The van der Waals surface area contributed by atoms with E-state index in [4.69, 9.17) is 9.47 Å². The number of benzene rings is 2. The first-order valence-electron chi connectivity index (χ1n) is 8.93. The van der Waals surface area contributed by atoms with Gasteiger partial charge in [0, 0.05) is 43.9 Å². The standard InChI is InChI=1S/C20H20N4O5/c1-28-18-6-3-14(12-19(18)29-2)20(25)23-9-7-22(8-10-23)17-5-4-16(24(26)27)11-15(17)13-21/h3-6,11-12H,7-10H2,1-2H3. The molecule has 0 aromatic heterocycles. The molecule has 0 N–H and O–H groups in total. The summed E-state index contributed by atoms with van der Waals surface area (Å²) in [5, 5.41) is 20.3. The lowest BCUT2D eigenvalue weighted by Gasteiger charge is -2.36. The van der Waals surface area contributed by atoms with Crippen molar-refractivity contribution in [3.05, 3.63) is 57.6 Å². The summed E-state index contributed by atoms with van der Waals surface area (Å²) in [6.45, 7) is 1.97.